The Balaban J connectivity index is 0.00000190. The normalized spacial score (nSPS) is 20.0. The van der Waals surface area contributed by atoms with Gasteiger partial charge in [-0.05, 0) is 74.9 Å². The Morgan fingerprint density at radius 2 is 1.81 bits per heavy atom. The molecule has 202 valence electrons. The molecule has 37 heavy (non-hydrogen) atoms. The van der Waals surface area contributed by atoms with Crippen LogP contribution in [-0.4, -0.2) is 52.8 Å². The smallest absolute Gasteiger partial charge is 0.229 e. The number of carbonyl (C=O) groups excluding carboxylic acids is 2. The number of nitrogens with zero attached hydrogens (tertiary/aromatic N) is 3. The van der Waals surface area contributed by atoms with Crippen LogP contribution in [0, 0.1) is 11.3 Å². The molecular weight excluding hydrogens is 531 g/mol. The number of rotatable bonds is 8. The number of benzene rings is 1. The fraction of sp³-hybridized carbons (Fsp3) is 0.536. The summed E-state index contributed by atoms with van der Waals surface area (Å²) in [6, 6.07) is 11.7. The second kappa shape index (κ2) is 13.3. The van der Waals surface area contributed by atoms with Crippen LogP contribution in [0.1, 0.15) is 62.1 Å². The Hall–Kier alpha value is -1.86. The summed E-state index contributed by atoms with van der Waals surface area (Å²) in [5.41, 5.74) is 1.87. The monoisotopic (exact) mass is 566 g/mol. The van der Waals surface area contributed by atoms with Crippen molar-refractivity contribution in [2.75, 3.05) is 26.2 Å². The number of amides is 2. The van der Waals surface area contributed by atoms with E-state index in [1.54, 1.807) is 6.20 Å². The van der Waals surface area contributed by atoms with Crippen LogP contribution in [0.15, 0.2) is 48.8 Å². The second-order valence-corrected chi connectivity index (χ2v) is 10.9. The van der Waals surface area contributed by atoms with E-state index in [1.165, 1.54) is 0 Å². The molecule has 1 spiro atoms. The Morgan fingerprint density at radius 3 is 2.46 bits per heavy atom. The van der Waals surface area contributed by atoms with Gasteiger partial charge in [-0.15, -0.1) is 24.8 Å². The molecule has 1 saturated carbocycles. The highest BCUT2D eigenvalue weighted by Crippen LogP contribution is 2.42. The number of likely N-dealkylation sites (tertiary alicyclic amines) is 2. The first-order valence-electron chi connectivity index (χ1n) is 13.0. The zero-order valence-corrected chi connectivity index (χ0v) is 23.5. The maximum Gasteiger partial charge on any atom is 0.229 e. The summed E-state index contributed by atoms with van der Waals surface area (Å²) < 4.78 is 0. The van der Waals surface area contributed by atoms with Gasteiger partial charge in [-0.2, -0.15) is 0 Å². The lowest BCUT2D eigenvalue weighted by Crippen LogP contribution is -2.45. The molecule has 1 aromatic carbocycles. The van der Waals surface area contributed by atoms with Crippen LogP contribution in [0.4, 0.5) is 0 Å². The van der Waals surface area contributed by atoms with Gasteiger partial charge >= 0.3 is 0 Å². The molecule has 6 nitrogen and oxygen atoms in total. The lowest BCUT2D eigenvalue weighted by Gasteiger charge is -2.38. The van der Waals surface area contributed by atoms with Crippen molar-refractivity contribution in [2.24, 2.45) is 11.3 Å². The molecule has 2 aromatic rings. The molecule has 3 aliphatic rings. The van der Waals surface area contributed by atoms with Crippen LogP contribution in [0.25, 0.3) is 0 Å². The van der Waals surface area contributed by atoms with E-state index in [4.69, 9.17) is 11.6 Å². The number of hydrogen-bond donors (Lipinski definition) is 1. The summed E-state index contributed by atoms with van der Waals surface area (Å²) in [6.07, 6.45) is 10.3. The summed E-state index contributed by atoms with van der Waals surface area (Å²) in [5.74, 6) is 0.615. The minimum atomic E-state index is -0.209. The Labute approximate surface area is 237 Å². The quantitative estimate of drug-likeness (QED) is 0.461. The molecule has 1 N–H and O–H groups in total. The maximum absolute atomic E-state index is 13.3. The third-order valence-corrected chi connectivity index (χ3v) is 8.66. The lowest BCUT2D eigenvalue weighted by atomic mass is 9.77. The first-order valence-corrected chi connectivity index (χ1v) is 13.4. The highest BCUT2D eigenvalue weighted by atomic mass is 35.5. The van der Waals surface area contributed by atoms with E-state index in [1.807, 2.05) is 47.5 Å². The van der Waals surface area contributed by atoms with Gasteiger partial charge in [-0.1, -0.05) is 42.3 Å². The van der Waals surface area contributed by atoms with Crippen LogP contribution in [0.3, 0.4) is 0 Å². The molecular formula is C28H37Cl3N4O2. The van der Waals surface area contributed by atoms with Crippen LogP contribution >= 0.6 is 36.4 Å². The van der Waals surface area contributed by atoms with Crippen molar-refractivity contribution in [3.8, 4) is 0 Å². The number of hydrogen-bond acceptors (Lipinski definition) is 4. The molecule has 3 heterocycles. The molecule has 3 fully saturated rings. The van der Waals surface area contributed by atoms with E-state index in [0.717, 1.165) is 82.3 Å². The number of aromatic nitrogens is 1. The van der Waals surface area contributed by atoms with Crippen molar-refractivity contribution >= 4 is 48.2 Å². The van der Waals surface area contributed by atoms with Gasteiger partial charge in [0.25, 0.3) is 0 Å². The Morgan fingerprint density at radius 1 is 1.08 bits per heavy atom. The van der Waals surface area contributed by atoms with Gasteiger partial charge in [-0.25, -0.2) is 0 Å². The van der Waals surface area contributed by atoms with E-state index in [-0.39, 0.29) is 48.1 Å². The first-order chi connectivity index (χ1) is 17.0. The van der Waals surface area contributed by atoms with Gasteiger partial charge < -0.3 is 15.1 Å². The molecule has 2 saturated heterocycles. The minimum absolute atomic E-state index is 0. The van der Waals surface area contributed by atoms with Gasteiger partial charge in [0, 0.05) is 43.0 Å². The Kier molecular flexibility index (Phi) is 10.7. The number of pyridine rings is 1. The van der Waals surface area contributed by atoms with E-state index >= 15 is 0 Å². The van der Waals surface area contributed by atoms with Crippen molar-refractivity contribution in [1.29, 1.82) is 0 Å². The first kappa shape index (κ1) is 29.7. The largest absolute Gasteiger partial charge is 0.349 e. The minimum Gasteiger partial charge on any atom is -0.349 e. The molecule has 1 aromatic heterocycles. The molecule has 0 radical (unpaired) electrons. The van der Waals surface area contributed by atoms with E-state index in [2.05, 4.69) is 15.2 Å². The summed E-state index contributed by atoms with van der Waals surface area (Å²) >= 11 is 6.51. The zero-order valence-electron chi connectivity index (χ0n) is 21.1. The van der Waals surface area contributed by atoms with Gasteiger partial charge in [0.05, 0.1) is 11.5 Å². The van der Waals surface area contributed by atoms with Crippen molar-refractivity contribution < 1.29 is 9.59 Å². The fourth-order valence-electron chi connectivity index (χ4n) is 5.76. The van der Waals surface area contributed by atoms with Crippen molar-refractivity contribution in [3.05, 3.63) is 64.9 Å². The van der Waals surface area contributed by atoms with Crippen LogP contribution < -0.4 is 5.32 Å². The number of nitrogens with one attached hydrogen (secondary N) is 1. The van der Waals surface area contributed by atoms with Crippen LogP contribution in [0.5, 0.6) is 0 Å². The van der Waals surface area contributed by atoms with E-state index in [0.29, 0.717) is 17.5 Å². The standard InChI is InChI=1S/C28H35ClN4O2.2ClH/c29-24-9-2-1-8-23(24)25(31-26(34)22-6-3-7-22)10-15-32-16-11-28(12-17-32)13-18-33(27(28)35)20-21-5-4-14-30-19-21;;/h1-2,4-5,8-9,14,19,22,25H,3,6-7,10-13,15-18,20H2,(H,31,34);2*1H. The molecule has 5 rings (SSSR count). The zero-order chi connectivity index (χ0) is 24.3. The number of piperidine rings is 1. The molecule has 1 aliphatic carbocycles. The lowest BCUT2D eigenvalue weighted by molar-refractivity contribution is -0.139. The third-order valence-electron chi connectivity index (χ3n) is 8.32. The van der Waals surface area contributed by atoms with Gasteiger partial charge in [0.15, 0.2) is 0 Å². The third kappa shape index (κ3) is 6.78. The van der Waals surface area contributed by atoms with Gasteiger partial charge in [0.2, 0.25) is 11.8 Å². The SMILES string of the molecule is Cl.Cl.O=C(NC(CCN1CCC2(CC1)CCN(Cc1cccnc1)C2=O)c1ccccc1Cl)C1CCC1. The van der Waals surface area contributed by atoms with E-state index in [9.17, 15) is 9.59 Å². The topological polar surface area (TPSA) is 65.5 Å². The Bertz CT molecular complexity index is 1040. The molecule has 1 atom stereocenters. The number of carbonyl (C=O) groups is 2. The summed E-state index contributed by atoms with van der Waals surface area (Å²) in [7, 11) is 0. The average Bonchev–Trinajstić information content (AvgIpc) is 3.12. The second-order valence-electron chi connectivity index (χ2n) is 10.5. The molecule has 1 unspecified atom stereocenters. The number of halogens is 3. The van der Waals surface area contributed by atoms with Crippen LogP contribution in [0.2, 0.25) is 5.02 Å². The summed E-state index contributed by atoms with van der Waals surface area (Å²) in [4.78, 5) is 34.7. The highest BCUT2D eigenvalue weighted by Gasteiger charge is 2.47. The highest BCUT2D eigenvalue weighted by molar-refractivity contribution is 6.31. The summed E-state index contributed by atoms with van der Waals surface area (Å²) in [6.45, 7) is 4.19. The van der Waals surface area contributed by atoms with Crippen molar-refractivity contribution in [1.82, 2.24) is 20.1 Å². The molecule has 2 aliphatic heterocycles. The molecule has 0 bridgehead atoms. The average molecular weight is 568 g/mol. The van der Waals surface area contributed by atoms with Crippen molar-refractivity contribution in [2.45, 2.75) is 57.5 Å². The maximum atomic E-state index is 13.3. The molecule has 2 amide bonds. The van der Waals surface area contributed by atoms with E-state index < -0.39 is 0 Å². The predicted molar refractivity (Wildman–Crippen MR) is 151 cm³/mol. The summed E-state index contributed by atoms with van der Waals surface area (Å²) in [5, 5.41) is 3.99. The van der Waals surface area contributed by atoms with Gasteiger partial charge in [-0.3, -0.25) is 14.6 Å². The fourth-order valence-corrected chi connectivity index (χ4v) is 6.03. The molecule has 9 heteroatoms. The van der Waals surface area contributed by atoms with Gasteiger partial charge in [0.1, 0.15) is 0 Å². The van der Waals surface area contributed by atoms with Crippen molar-refractivity contribution in [3.63, 3.8) is 0 Å². The van der Waals surface area contributed by atoms with Crippen LogP contribution in [-0.2, 0) is 16.1 Å². The predicted octanol–water partition coefficient (Wildman–Crippen LogP) is 5.44.